The molecular formula is C11H15Cl. The van der Waals surface area contributed by atoms with E-state index in [1.807, 2.05) is 18.2 Å². The van der Waals surface area contributed by atoms with E-state index < -0.39 is 0 Å². The molecule has 0 unspecified atom stereocenters. The van der Waals surface area contributed by atoms with Crippen LogP contribution in [0.2, 0.25) is 0 Å². The van der Waals surface area contributed by atoms with Crippen molar-refractivity contribution in [3.05, 3.63) is 35.9 Å². The Morgan fingerprint density at radius 1 is 1.25 bits per heavy atom. The summed E-state index contributed by atoms with van der Waals surface area (Å²) in [4.78, 5) is 0. The summed E-state index contributed by atoms with van der Waals surface area (Å²) in [6.45, 7) is 2.19. The lowest BCUT2D eigenvalue weighted by atomic mass is 10.1. The standard InChI is InChI=1S/C11H15Cl/c1-2-3-9-11(12)10-7-5-4-6-8-10/h4-8,11H,2-3,9H2,1H3/t11-/m0/s1. The van der Waals surface area contributed by atoms with Gasteiger partial charge in [-0.1, -0.05) is 50.1 Å². The lowest BCUT2D eigenvalue weighted by molar-refractivity contribution is 0.701. The predicted molar refractivity (Wildman–Crippen MR) is 54.6 cm³/mol. The van der Waals surface area contributed by atoms with E-state index in [0.717, 1.165) is 6.42 Å². The Labute approximate surface area is 79.6 Å². The van der Waals surface area contributed by atoms with Gasteiger partial charge in [0.15, 0.2) is 0 Å². The molecule has 0 fully saturated rings. The number of alkyl halides is 1. The molecule has 12 heavy (non-hydrogen) atoms. The first-order valence-electron chi connectivity index (χ1n) is 4.53. The van der Waals surface area contributed by atoms with Crippen LogP contribution in [0.25, 0.3) is 0 Å². The smallest absolute Gasteiger partial charge is 0.0585 e. The van der Waals surface area contributed by atoms with Crippen molar-refractivity contribution >= 4 is 11.6 Å². The number of halogens is 1. The maximum atomic E-state index is 6.18. The van der Waals surface area contributed by atoms with Gasteiger partial charge in [0.1, 0.15) is 0 Å². The van der Waals surface area contributed by atoms with Gasteiger partial charge in [0.05, 0.1) is 5.38 Å². The Balaban J connectivity index is 2.48. The Kier molecular flexibility index (Phi) is 4.16. The van der Waals surface area contributed by atoms with E-state index in [2.05, 4.69) is 19.1 Å². The van der Waals surface area contributed by atoms with Crippen molar-refractivity contribution in [2.24, 2.45) is 0 Å². The number of hydrogen-bond acceptors (Lipinski definition) is 0. The second-order valence-corrected chi connectivity index (χ2v) is 3.55. The van der Waals surface area contributed by atoms with Crippen LogP contribution in [0.15, 0.2) is 30.3 Å². The Hall–Kier alpha value is -0.490. The monoisotopic (exact) mass is 182 g/mol. The first kappa shape index (κ1) is 9.60. The van der Waals surface area contributed by atoms with Crippen molar-refractivity contribution in [1.82, 2.24) is 0 Å². The van der Waals surface area contributed by atoms with Crippen LogP contribution in [-0.2, 0) is 0 Å². The van der Waals surface area contributed by atoms with Gasteiger partial charge >= 0.3 is 0 Å². The number of unbranched alkanes of at least 4 members (excludes halogenated alkanes) is 1. The van der Waals surface area contributed by atoms with E-state index in [0.29, 0.717) is 0 Å². The normalized spacial score (nSPS) is 12.8. The molecule has 0 saturated carbocycles. The number of hydrogen-bond donors (Lipinski definition) is 0. The minimum atomic E-state index is 0.200. The average molecular weight is 183 g/mol. The molecule has 1 heteroatoms. The maximum Gasteiger partial charge on any atom is 0.0585 e. The molecule has 66 valence electrons. The van der Waals surface area contributed by atoms with Crippen LogP contribution in [0.5, 0.6) is 0 Å². The summed E-state index contributed by atoms with van der Waals surface area (Å²) in [6.07, 6.45) is 3.52. The maximum absolute atomic E-state index is 6.18. The fraction of sp³-hybridized carbons (Fsp3) is 0.455. The third-order valence-electron chi connectivity index (χ3n) is 1.97. The highest BCUT2D eigenvalue weighted by atomic mass is 35.5. The van der Waals surface area contributed by atoms with Gasteiger partial charge in [0, 0.05) is 0 Å². The van der Waals surface area contributed by atoms with Crippen LogP contribution in [-0.4, -0.2) is 0 Å². The Morgan fingerprint density at radius 2 is 1.92 bits per heavy atom. The van der Waals surface area contributed by atoms with Crippen molar-refractivity contribution in [3.8, 4) is 0 Å². The highest BCUT2D eigenvalue weighted by molar-refractivity contribution is 6.20. The molecule has 0 aliphatic carbocycles. The van der Waals surface area contributed by atoms with E-state index >= 15 is 0 Å². The molecule has 0 aromatic heterocycles. The van der Waals surface area contributed by atoms with E-state index in [-0.39, 0.29) is 5.38 Å². The topological polar surface area (TPSA) is 0 Å². The largest absolute Gasteiger partial charge is 0.118 e. The van der Waals surface area contributed by atoms with Gasteiger partial charge < -0.3 is 0 Å². The summed E-state index contributed by atoms with van der Waals surface area (Å²) in [7, 11) is 0. The zero-order valence-electron chi connectivity index (χ0n) is 7.46. The Bertz CT molecular complexity index is 206. The molecule has 1 rings (SSSR count). The van der Waals surface area contributed by atoms with Crippen LogP contribution in [0.1, 0.15) is 37.1 Å². The SMILES string of the molecule is CCCC[C@H](Cl)c1ccccc1. The number of rotatable bonds is 4. The van der Waals surface area contributed by atoms with E-state index in [9.17, 15) is 0 Å². The summed E-state index contributed by atoms with van der Waals surface area (Å²) >= 11 is 6.18. The summed E-state index contributed by atoms with van der Waals surface area (Å²) in [5.74, 6) is 0. The second-order valence-electron chi connectivity index (χ2n) is 3.02. The second kappa shape index (κ2) is 5.21. The lowest BCUT2D eigenvalue weighted by Crippen LogP contribution is -1.89. The van der Waals surface area contributed by atoms with Gasteiger partial charge in [-0.2, -0.15) is 0 Å². The highest BCUT2D eigenvalue weighted by Crippen LogP contribution is 2.25. The fourth-order valence-electron chi connectivity index (χ4n) is 1.21. The molecule has 1 atom stereocenters. The van der Waals surface area contributed by atoms with Gasteiger partial charge in [-0.25, -0.2) is 0 Å². The summed E-state index contributed by atoms with van der Waals surface area (Å²) in [5.41, 5.74) is 1.24. The third kappa shape index (κ3) is 2.86. The molecule has 0 aliphatic heterocycles. The lowest BCUT2D eigenvalue weighted by Gasteiger charge is -2.07. The van der Waals surface area contributed by atoms with Crippen molar-refractivity contribution in [3.63, 3.8) is 0 Å². The average Bonchev–Trinajstić information content (AvgIpc) is 2.15. The molecule has 0 saturated heterocycles. The summed E-state index contributed by atoms with van der Waals surface area (Å²) in [6, 6.07) is 10.3. The molecule has 0 aliphatic rings. The first-order valence-corrected chi connectivity index (χ1v) is 4.97. The molecular weight excluding hydrogens is 168 g/mol. The van der Waals surface area contributed by atoms with Crippen molar-refractivity contribution < 1.29 is 0 Å². The molecule has 1 aromatic carbocycles. The van der Waals surface area contributed by atoms with Crippen LogP contribution in [0.3, 0.4) is 0 Å². The quantitative estimate of drug-likeness (QED) is 0.614. The van der Waals surface area contributed by atoms with Gasteiger partial charge in [0.2, 0.25) is 0 Å². The molecule has 0 amide bonds. The minimum absolute atomic E-state index is 0.200. The van der Waals surface area contributed by atoms with E-state index in [1.54, 1.807) is 0 Å². The van der Waals surface area contributed by atoms with Gasteiger partial charge in [-0.15, -0.1) is 11.6 Å². The van der Waals surface area contributed by atoms with E-state index in [1.165, 1.54) is 18.4 Å². The van der Waals surface area contributed by atoms with Crippen molar-refractivity contribution in [2.75, 3.05) is 0 Å². The summed E-state index contributed by atoms with van der Waals surface area (Å²) in [5, 5.41) is 0.200. The van der Waals surface area contributed by atoms with Gasteiger partial charge in [-0.3, -0.25) is 0 Å². The van der Waals surface area contributed by atoms with Crippen LogP contribution >= 0.6 is 11.6 Å². The summed E-state index contributed by atoms with van der Waals surface area (Å²) < 4.78 is 0. The molecule has 0 spiro atoms. The van der Waals surface area contributed by atoms with Crippen LogP contribution in [0.4, 0.5) is 0 Å². The van der Waals surface area contributed by atoms with Crippen molar-refractivity contribution in [2.45, 2.75) is 31.6 Å². The predicted octanol–water partition coefficient (Wildman–Crippen LogP) is 4.16. The molecule has 0 N–H and O–H groups in total. The van der Waals surface area contributed by atoms with Gasteiger partial charge in [-0.05, 0) is 12.0 Å². The third-order valence-corrected chi connectivity index (χ3v) is 2.44. The zero-order chi connectivity index (χ0) is 8.81. The van der Waals surface area contributed by atoms with Crippen molar-refractivity contribution in [1.29, 1.82) is 0 Å². The minimum Gasteiger partial charge on any atom is -0.118 e. The number of benzene rings is 1. The first-order chi connectivity index (χ1) is 5.84. The zero-order valence-corrected chi connectivity index (χ0v) is 8.22. The Morgan fingerprint density at radius 3 is 2.50 bits per heavy atom. The van der Waals surface area contributed by atoms with E-state index in [4.69, 9.17) is 11.6 Å². The van der Waals surface area contributed by atoms with Crippen LogP contribution in [0, 0.1) is 0 Å². The fourth-order valence-corrected chi connectivity index (χ4v) is 1.51. The van der Waals surface area contributed by atoms with Crippen LogP contribution < -0.4 is 0 Å². The van der Waals surface area contributed by atoms with Gasteiger partial charge in [0.25, 0.3) is 0 Å². The highest BCUT2D eigenvalue weighted by Gasteiger charge is 2.04. The molecule has 0 heterocycles. The molecule has 0 nitrogen and oxygen atoms in total. The molecule has 1 aromatic rings. The molecule has 0 bridgehead atoms. The molecule has 0 radical (unpaired) electrons.